The second-order valence-corrected chi connectivity index (χ2v) is 5.47. The van der Waals surface area contributed by atoms with Crippen LogP contribution in [-0.4, -0.2) is 30.6 Å². The lowest BCUT2D eigenvalue weighted by molar-refractivity contribution is 0.200. The van der Waals surface area contributed by atoms with Gasteiger partial charge in [-0.15, -0.1) is 0 Å². The van der Waals surface area contributed by atoms with Gasteiger partial charge in [0.15, 0.2) is 0 Å². The number of hydrogen-bond donors (Lipinski definition) is 1. The van der Waals surface area contributed by atoms with Crippen LogP contribution < -0.4 is 5.32 Å². The van der Waals surface area contributed by atoms with Crippen molar-refractivity contribution in [2.24, 2.45) is 0 Å². The van der Waals surface area contributed by atoms with Crippen LogP contribution in [0.1, 0.15) is 49.8 Å². The summed E-state index contributed by atoms with van der Waals surface area (Å²) < 4.78 is 5.61. The molecule has 0 amide bonds. The van der Waals surface area contributed by atoms with Crippen molar-refractivity contribution < 1.29 is 4.42 Å². The number of hydrogen-bond acceptors (Lipinski definition) is 3. The SMILES string of the molecule is CCN1CCC(NC(C)c2cc(C)oc2C)CC1. The van der Waals surface area contributed by atoms with Gasteiger partial charge < -0.3 is 14.6 Å². The Morgan fingerprint density at radius 2 is 2.06 bits per heavy atom. The van der Waals surface area contributed by atoms with E-state index >= 15 is 0 Å². The Balaban J connectivity index is 1.88. The predicted molar refractivity (Wildman–Crippen MR) is 74.9 cm³/mol. The van der Waals surface area contributed by atoms with Crippen molar-refractivity contribution in [3.8, 4) is 0 Å². The molecule has 0 aliphatic carbocycles. The van der Waals surface area contributed by atoms with Gasteiger partial charge in [-0.25, -0.2) is 0 Å². The minimum Gasteiger partial charge on any atom is -0.466 e. The van der Waals surface area contributed by atoms with Gasteiger partial charge in [0.25, 0.3) is 0 Å². The van der Waals surface area contributed by atoms with Gasteiger partial charge in [0.2, 0.25) is 0 Å². The maximum Gasteiger partial charge on any atom is 0.105 e. The van der Waals surface area contributed by atoms with E-state index in [1.54, 1.807) is 0 Å². The molecule has 3 nitrogen and oxygen atoms in total. The van der Waals surface area contributed by atoms with Crippen LogP contribution >= 0.6 is 0 Å². The van der Waals surface area contributed by atoms with Crippen LogP contribution in [-0.2, 0) is 0 Å². The standard InChI is InChI=1S/C15H26N2O/c1-5-17-8-6-14(7-9-17)16-12(3)15-10-11(2)18-13(15)4/h10,12,14,16H,5-9H2,1-4H3. The van der Waals surface area contributed by atoms with Crippen molar-refractivity contribution in [2.45, 2.75) is 52.6 Å². The number of piperidine rings is 1. The van der Waals surface area contributed by atoms with Crippen molar-refractivity contribution in [3.05, 3.63) is 23.2 Å². The molecular weight excluding hydrogens is 224 g/mol. The predicted octanol–water partition coefficient (Wildman–Crippen LogP) is 3.03. The first kappa shape index (κ1) is 13.6. The Morgan fingerprint density at radius 1 is 1.39 bits per heavy atom. The van der Waals surface area contributed by atoms with Crippen LogP contribution in [0.25, 0.3) is 0 Å². The summed E-state index contributed by atoms with van der Waals surface area (Å²) in [5, 5.41) is 3.75. The maximum atomic E-state index is 5.61. The van der Waals surface area contributed by atoms with Crippen LogP contribution in [0, 0.1) is 13.8 Å². The molecule has 0 spiro atoms. The zero-order chi connectivity index (χ0) is 13.1. The number of nitrogens with one attached hydrogen (secondary N) is 1. The molecular formula is C15H26N2O. The Kier molecular flexibility index (Phi) is 4.46. The van der Waals surface area contributed by atoms with Crippen LogP contribution in [0.4, 0.5) is 0 Å². The highest BCUT2D eigenvalue weighted by Crippen LogP contribution is 2.23. The highest BCUT2D eigenvalue weighted by atomic mass is 16.3. The van der Waals surface area contributed by atoms with E-state index in [0.717, 1.165) is 11.5 Å². The second-order valence-electron chi connectivity index (χ2n) is 5.47. The van der Waals surface area contributed by atoms with E-state index in [9.17, 15) is 0 Å². The Labute approximate surface area is 111 Å². The molecule has 18 heavy (non-hydrogen) atoms. The lowest BCUT2D eigenvalue weighted by Crippen LogP contribution is -2.43. The van der Waals surface area contributed by atoms with Gasteiger partial charge in [0.05, 0.1) is 0 Å². The molecule has 0 aromatic carbocycles. The first-order valence-electron chi connectivity index (χ1n) is 7.15. The van der Waals surface area contributed by atoms with Crippen LogP contribution in [0.15, 0.2) is 10.5 Å². The average Bonchev–Trinajstić information content (AvgIpc) is 2.69. The van der Waals surface area contributed by atoms with Gasteiger partial charge in [-0.3, -0.25) is 0 Å². The van der Waals surface area contributed by atoms with E-state index in [0.29, 0.717) is 12.1 Å². The fourth-order valence-electron chi connectivity index (χ4n) is 2.94. The van der Waals surface area contributed by atoms with Crippen molar-refractivity contribution >= 4 is 0 Å². The molecule has 102 valence electrons. The Hall–Kier alpha value is -0.800. The first-order chi connectivity index (χ1) is 8.60. The summed E-state index contributed by atoms with van der Waals surface area (Å²) in [6.07, 6.45) is 2.52. The lowest BCUT2D eigenvalue weighted by atomic mass is 10.0. The third-order valence-corrected chi connectivity index (χ3v) is 4.07. The molecule has 2 heterocycles. The molecule has 1 aliphatic heterocycles. The second kappa shape index (κ2) is 5.89. The lowest BCUT2D eigenvalue weighted by Gasteiger charge is -2.33. The molecule has 1 aromatic rings. The summed E-state index contributed by atoms with van der Waals surface area (Å²) in [4.78, 5) is 2.52. The molecule has 1 fully saturated rings. The van der Waals surface area contributed by atoms with Crippen molar-refractivity contribution in [1.29, 1.82) is 0 Å². The summed E-state index contributed by atoms with van der Waals surface area (Å²) in [5.74, 6) is 2.07. The Morgan fingerprint density at radius 3 is 2.56 bits per heavy atom. The third kappa shape index (κ3) is 3.15. The quantitative estimate of drug-likeness (QED) is 0.890. The summed E-state index contributed by atoms with van der Waals surface area (Å²) >= 11 is 0. The topological polar surface area (TPSA) is 28.4 Å². The van der Waals surface area contributed by atoms with Crippen LogP contribution in [0.3, 0.4) is 0 Å². The molecule has 2 rings (SSSR count). The Bertz CT molecular complexity index is 378. The fraction of sp³-hybridized carbons (Fsp3) is 0.733. The highest BCUT2D eigenvalue weighted by Gasteiger charge is 2.21. The molecule has 1 saturated heterocycles. The van der Waals surface area contributed by atoms with E-state index in [1.807, 2.05) is 6.92 Å². The van der Waals surface area contributed by atoms with Crippen molar-refractivity contribution in [2.75, 3.05) is 19.6 Å². The smallest absolute Gasteiger partial charge is 0.105 e. The van der Waals surface area contributed by atoms with Gasteiger partial charge in [-0.2, -0.15) is 0 Å². The first-order valence-corrected chi connectivity index (χ1v) is 7.15. The average molecular weight is 250 g/mol. The third-order valence-electron chi connectivity index (χ3n) is 4.07. The molecule has 0 bridgehead atoms. The highest BCUT2D eigenvalue weighted by molar-refractivity contribution is 5.23. The molecule has 1 aliphatic rings. The van der Waals surface area contributed by atoms with E-state index in [-0.39, 0.29) is 0 Å². The molecule has 0 radical (unpaired) electrons. The van der Waals surface area contributed by atoms with Gasteiger partial charge >= 0.3 is 0 Å². The molecule has 1 aromatic heterocycles. The number of aryl methyl sites for hydroxylation is 2. The number of likely N-dealkylation sites (tertiary alicyclic amines) is 1. The van der Waals surface area contributed by atoms with E-state index in [1.165, 1.54) is 38.0 Å². The summed E-state index contributed by atoms with van der Waals surface area (Å²) in [7, 11) is 0. The summed E-state index contributed by atoms with van der Waals surface area (Å²) in [5.41, 5.74) is 1.31. The van der Waals surface area contributed by atoms with Crippen molar-refractivity contribution in [3.63, 3.8) is 0 Å². The van der Waals surface area contributed by atoms with Crippen LogP contribution in [0.2, 0.25) is 0 Å². The monoisotopic (exact) mass is 250 g/mol. The van der Waals surface area contributed by atoms with Gasteiger partial charge in [-0.1, -0.05) is 6.92 Å². The number of furan rings is 1. The molecule has 1 unspecified atom stereocenters. The van der Waals surface area contributed by atoms with Gasteiger partial charge in [0, 0.05) is 17.6 Å². The summed E-state index contributed by atoms with van der Waals surface area (Å²) in [6.45, 7) is 12.2. The molecule has 0 saturated carbocycles. The van der Waals surface area contributed by atoms with Crippen molar-refractivity contribution in [1.82, 2.24) is 10.2 Å². The minimum atomic E-state index is 0.389. The zero-order valence-electron chi connectivity index (χ0n) is 12.1. The molecule has 1 N–H and O–H groups in total. The zero-order valence-corrected chi connectivity index (χ0v) is 12.1. The normalized spacial score (nSPS) is 20.2. The van der Waals surface area contributed by atoms with E-state index < -0.39 is 0 Å². The van der Waals surface area contributed by atoms with Gasteiger partial charge in [0.1, 0.15) is 11.5 Å². The number of rotatable bonds is 4. The minimum absolute atomic E-state index is 0.389. The largest absolute Gasteiger partial charge is 0.466 e. The van der Waals surface area contributed by atoms with E-state index in [4.69, 9.17) is 4.42 Å². The molecule has 3 heteroatoms. The van der Waals surface area contributed by atoms with Crippen LogP contribution in [0.5, 0.6) is 0 Å². The molecule has 1 atom stereocenters. The summed E-state index contributed by atoms with van der Waals surface area (Å²) in [6, 6.07) is 3.20. The van der Waals surface area contributed by atoms with Gasteiger partial charge in [-0.05, 0) is 59.3 Å². The van der Waals surface area contributed by atoms with E-state index in [2.05, 4.69) is 37.1 Å². The number of nitrogens with zero attached hydrogens (tertiary/aromatic N) is 1. The fourth-order valence-corrected chi connectivity index (χ4v) is 2.94. The maximum absolute atomic E-state index is 5.61.